The summed E-state index contributed by atoms with van der Waals surface area (Å²) in [5, 5.41) is 9.45. The summed E-state index contributed by atoms with van der Waals surface area (Å²) in [6.45, 7) is 3.80. The van der Waals surface area contributed by atoms with Gasteiger partial charge in [-0.25, -0.2) is 4.68 Å². The number of carbonyl (C=O) groups is 1. The summed E-state index contributed by atoms with van der Waals surface area (Å²) in [6.07, 6.45) is 0. The molecule has 0 unspecified atom stereocenters. The van der Waals surface area contributed by atoms with Crippen molar-refractivity contribution in [3.8, 4) is 11.3 Å². The summed E-state index contributed by atoms with van der Waals surface area (Å²) in [5.74, 6) is -0.292. The first kappa shape index (κ1) is 18.6. The van der Waals surface area contributed by atoms with Gasteiger partial charge in [-0.3, -0.25) is 9.59 Å². The standard InChI is InChI=1S/C24H21N3O2/c1-16-12-17(2)14-19(13-16)25-23(28)15-27-24(29)11-10-22(26-27)21-9-5-7-18-6-3-4-8-20(18)21/h3-14H,15H2,1-2H3,(H,25,28). The topological polar surface area (TPSA) is 64.0 Å². The van der Waals surface area contributed by atoms with Gasteiger partial charge in [0, 0.05) is 17.3 Å². The van der Waals surface area contributed by atoms with Crippen molar-refractivity contribution >= 4 is 22.4 Å². The fraction of sp³-hybridized carbons (Fsp3) is 0.125. The van der Waals surface area contributed by atoms with Crippen molar-refractivity contribution in [1.82, 2.24) is 9.78 Å². The molecule has 0 aliphatic carbocycles. The fourth-order valence-corrected chi connectivity index (χ4v) is 3.54. The largest absolute Gasteiger partial charge is 0.324 e. The molecular weight excluding hydrogens is 362 g/mol. The van der Waals surface area contributed by atoms with Crippen LogP contribution in [0.4, 0.5) is 5.69 Å². The molecule has 0 saturated heterocycles. The molecule has 144 valence electrons. The van der Waals surface area contributed by atoms with Crippen molar-refractivity contribution in [3.05, 3.63) is 94.3 Å². The maximum absolute atomic E-state index is 12.5. The SMILES string of the molecule is Cc1cc(C)cc(NC(=O)Cn2nc(-c3cccc4ccccc34)ccc2=O)c1. The van der Waals surface area contributed by atoms with E-state index in [1.165, 1.54) is 10.7 Å². The lowest BCUT2D eigenvalue weighted by atomic mass is 10.0. The third kappa shape index (κ3) is 4.09. The smallest absolute Gasteiger partial charge is 0.267 e. The monoisotopic (exact) mass is 383 g/mol. The van der Waals surface area contributed by atoms with E-state index in [-0.39, 0.29) is 18.0 Å². The van der Waals surface area contributed by atoms with E-state index >= 15 is 0 Å². The minimum atomic E-state index is -0.315. The second-order valence-electron chi connectivity index (χ2n) is 7.17. The Bertz CT molecular complexity index is 1250. The Morgan fingerprint density at radius 2 is 1.66 bits per heavy atom. The van der Waals surface area contributed by atoms with Gasteiger partial charge in [-0.1, -0.05) is 48.5 Å². The quantitative estimate of drug-likeness (QED) is 0.571. The van der Waals surface area contributed by atoms with Gasteiger partial charge in [0.1, 0.15) is 6.54 Å². The highest BCUT2D eigenvalue weighted by atomic mass is 16.2. The summed E-state index contributed by atoms with van der Waals surface area (Å²) in [5.41, 5.74) is 4.10. The van der Waals surface area contributed by atoms with Crippen molar-refractivity contribution in [1.29, 1.82) is 0 Å². The van der Waals surface area contributed by atoms with Crippen LogP contribution in [0, 0.1) is 13.8 Å². The van der Waals surface area contributed by atoms with Gasteiger partial charge in [-0.2, -0.15) is 5.10 Å². The zero-order valence-electron chi connectivity index (χ0n) is 16.3. The predicted molar refractivity (Wildman–Crippen MR) is 116 cm³/mol. The second kappa shape index (κ2) is 7.72. The van der Waals surface area contributed by atoms with E-state index in [1.54, 1.807) is 6.07 Å². The molecule has 0 aliphatic heterocycles. The summed E-state index contributed by atoms with van der Waals surface area (Å²) in [6, 6.07) is 23.0. The molecule has 0 atom stereocenters. The molecule has 5 nitrogen and oxygen atoms in total. The zero-order valence-corrected chi connectivity index (χ0v) is 16.3. The summed E-state index contributed by atoms with van der Waals surface area (Å²) >= 11 is 0. The number of aryl methyl sites for hydroxylation is 2. The van der Waals surface area contributed by atoms with Crippen LogP contribution in [0.25, 0.3) is 22.0 Å². The number of nitrogens with one attached hydrogen (secondary N) is 1. The lowest BCUT2D eigenvalue weighted by Gasteiger charge is -2.10. The first-order valence-electron chi connectivity index (χ1n) is 9.44. The highest BCUT2D eigenvalue weighted by Crippen LogP contribution is 2.26. The molecule has 0 bridgehead atoms. The Balaban J connectivity index is 1.63. The normalized spacial score (nSPS) is 10.8. The van der Waals surface area contributed by atoms with Crippen LogP contribution in [0.15, 0.2) is 77.6 Å². The average Bonchev–Trinajstić information content (AvgIpc) is 2.68. The fourth-order valence-electron chi connectivity index (χ4n) is 3.54. The lowest BCUT2D eigenvalue weighted by Crippen LogP contribution is -2.29. The number of rotatable bonds is 4. The Kier molecular flexibility index (Phi) is 4.96. The van der Waals surface area contributed by atoms with Crippen molar-refractivity contribution in [2.24, 2.45) is 0 Å². The Labute approximate surface area is 168 Å². The van der Waals surface area contributed by atoms with Gasteiger partial charge in [0.15, 0.2) is 0 Å². The van der Waals surface area contributed by atoms with Crippen LogP contribution in [0.2, 0.25) is 0 Å². The third-order valence-electron chi connectivity index (χ3n) is 4.73. The molecule has 3 aromatic carbocycles. The zero-order chi connectivity index (χ0) is 20.4. The van der Waals surface area contributed by atoms with E-state index in [9.17, 15) is 9.59 Å². The molecule has 0 saturated carbocycles. The average molecular weight is 383 g/mol. The predicted octanol–water partition coefficient (Wildman–Crippen LogP) is 4.32. The van der Waals surface area contributed by atoms with E-state index < -0.39 is 0 Å². The maximum atomic E-state index is 12.5. The van der Waals surface area contributed by atoms with Gasteiger partial charge >= 0.3 is 0 Å². The molecule has 1 amide bonds. The first-order valence-corrected chi connectivity index (χ1v) is 9.44. The van der Waals surface area contributed by atoms with E-state index in [4.69, 9.17) is 0 Å². The molecular formula is C24H21N3O2. The van der Waals surface area contributed by atoms with Gasteiger partial charge in [0.25, 0.3) is 5.56 Å². The molecule has 1 N–H and O–H groups in total. The molecule has 1 heterocycles. The van der Waals surface area contributed by atoms with Crippen LogP contribution in [0.1, 0.15) is 11.1 Å². The number of hydrogen-bond acceptors (Lipinski definition) is 3. The van der Waals surface area contributed by atoms with E-state index in [1.807, 2.05) is 74.5 Å². The Morgan fingerprint density at radius 3 is 2.45 bits per heavy atom. The van der Waals surface area contributed by atoms with Crippen LogP contribution in [-0.2, 0) is 11.3 Å². The molecule has 29 heavy (non-hydrogen) atoms. The van der Waals surface area contributed by atoms with Gasteiger partial charge in [-0.15, -0.1) is 0 Å². The molecule has 0 spiro atoms. The summed E-state index contributed by atoms with van der Waals surface area (Å²) < 4.78 is 1.20. The van der Waals surface area contributed by atoms with Crippen LogP contribution in [0.3, 0.4) is 0 Å². The molecule has 0 fully saturated rings. The number of carbonyl (C=O) groups excluding carboxylic acids is 1. The van der Waals surface area contributed by atoms with E-state index in [0.717, 1.165) is 27.5 Å². The minimum absolute atomic E-state index is 0.148. The number of fused-ring (bicyclic) bond motifs is 1. The van der Waals surface area contributed by atoms with E-state index in [2.05, 4.69) is 10.4 Å². The van der Waals surface area contributed by atoms with Crippen molar-refractivity contribution in [3.63, 3.8) is 0 Å². The summed E-state index contributed by atoms with van der Waals surface area (Å²) in [4.78, 5) is 24.8. The highest BCUT2D eigenvalue weighted by Gasteiger charge is 2.10. The molecule has 0 aliphatic rings. The number of nitrogens with zero attached hydrogens (tertiary/aromatic N) is 2. The molecule has 1 aromatic heterocycles. The number of amides is 1. The van der Waals surface area contributed by atoms with Crippen molar-refractivity contribution < 1.29 is 4.79 Å². The van der Waals surface area contributed by atoms with Crippen molar-refractivity contribution in [2.45, 2.75) is 20.4 Å². The first-order chi connectivity index (χ1) is 14.0. The molecule has 4 aromatic rings. The minimum Gasteiger partial charge on any atom is -0.324 e. The number of benzene rings is 3. The van der Waals surface area contributed by atoms with E-state index in [0.29, 0.717) is 11.4 Å². The van der Waals surface area contributed by atoms with Crippen LogP contribution >= 0.6 is 0 Å². The van der Waals surface area contributed by atoms with Crippen LogP contribution < -0.4 is 10.9 Å². The van der Waals surface area contributed by atoms with Crippen molar-refractivity contribution in [2.75, 3.05) is 5.32 Å². The van der Waals surface area contributed by atoms with Crippen LogP contribution in [0.5, 0.6) is 0 Å². The number of hydrogen-bond donors (Lipinski definition) is 1. The number of aromatic nitrogens is 2. The second-order valence-corrected chi connectivity index (χ2v) is 7.17. The summed E-state index contributed by atoms with van der Waals surface area (Å²) in [7, 11) is 0. The van der Waals surface area contributed by atoms with Gasteiger partial charge in [0.2, 0.25) is 5.91 Å². The van der Waals surface area contributed by atoms with Gasteiger partial charge in [-0.05, 0) is 53.9 Å². The highest BCUT2D eigenvalue weighted by molar-refractivity contribution is 5.95. The third-order valence-corrected chi connectivity index (χ3v) is 4.73. The lowest BCUT2D eigenvalue weighted by molar-refractivity contribution is -0.117. The molecule has 5 heteroatoms. The van der Waals surface area contributed by atoms with Gasteiger partial charge < -0.3 is 5.32 Å². The number of anilines is 1. The Morgan fingerprint density at radius 1 is 0.931 bits per heavy atom. The molecule has 4 rings (SSSR count). The maximum Gasteiger partial charge on any atom is 0.267 e. The van der Waals surface area contributed by atoms with Crippen LogP contribution in [-0.4, -0.2) is 15.7 Å². The van der Waals surface area contributed by atoms with Gasteiger partial charge in [0.05, 0.1) is 5.69 Å². The molecule has 0 radical (unpaired) electrons. The Hall–Kier alpha value is -3.73.